The van der Waals surface area contributed by atoms with Crippen molar-refractivity contribution in [2.75, 3.05) is 18.5 Å². The molecule has 0 radical (unpaired) electrons. The van der Waals surface area contributed by atoms with Crippen molar-refractivity contribution in [3.8, 4) is 11.5 Å². The molecule has 1 aliphatic heterocycles. The summed E-state index contributed by atoms with van der Waals surface area (Å²) in [5.41, 5.74) is 0.957. The van der Waals surface area contributed by atoms with E-state index in [1.807, 2.05) is 30.5 Å². The molecule has 0 saturated heterocycles. The molecule has 2 heterocycles. The van der Waals surface area contributed by atoms with Crippen LogP contribution in [-0.2, 0) is 0 Å². The molecule has 2 N–H and O–H groups in total. The van der Waals surface area contributed by atoms with Crippen LogP contribution in [0, 0.1) is 0 Å². The molecule has 116 valence electrons. The lowest BCUT2D eigenvalue weighted by Crippen LogP contribution is -2.31. The van der Waals surface area contributed by atoms with Crippen molar-refractivity contribution in [1.29, 1.82) is 0 Å². The van der Waals surface area contributed by atoms with E-state index in [1.165, 1.54) is 11.3 Å². The maximum atomic E-state index is 11.9. The molecule has 1 aromatic carbocycles. The fraction of sp³-hybridized carbons (Fsp3) is 0.333. The zero-order chi connectivity index (χ0) is 15.4. The standard InChI is InChI=1S/C15H17N3O3S/c1-10(17-14(19)18-15-16-5-8-22-15)11-3-4-12-13(9-11)21-7-2-6-20-12/h3-5,8-10H,2,6-7H2,1H3,(H2,16,17,18,19)/t10-/m0/s1. The quantitative estimate of drug-likeness (QED) is 0.911. The van der Waals surface area contributed by atoms with Crippen LogP contribution in [0.25, 0.3) is 0 Å². The SMILES string of the molecule is C[C@H](NC(=O)Nc1nccs1)c1ccc2c(c1)OCCCO2. The Balaban J connectivity index is 1.65. The molecule has 1 aliphatic rings. The van der Waals surface area contributed by atoms with E-state index in [9.17, 15) is 4.79 Å². The van der Waals surface area contributed by atoms with Crippen LogP contribution in [0.4, 0.5) is 9.93 Å². The van der Waals surface area contributed by atoms with Gasteiger partial charge in [-0.05, 0) is 24.6 Å². The van der Waals surface area contributed by atoms with E-state index in [1.54, 1.807) is 6.20 Å². The minimum absolute atomic E-state index is 0.155. The smallest absolute Gasteiger partial charge is 0.321 e. The molecule has 0 saturated carbocycles. The maximum absolute atomic E-state index is 11.9. The van der Waals surface area contributed by atoms with Crippen LogP contribution in [0.1, 0.15) is 24.9 Å². The van der Waals surface area contributed by atoms with Gasteiger partial charge in [0.2, 0.25) is 0 Å². The van der Waals surface area contributed by atoms with E-state index < -0.39 is 0 Å². The van der Waals surface area contributed by atoms with Gasteiger partial charge in [0.25, 0.3) is 0 Å². The van der Waals surface area contributed by atoms with Gasteiger partial charge in [0, 0.05) is 18.0 Å². The highest BCUT2D eigenvalue weighted by Gasteiger charge is 2.15. The molecule has 1 aromatic heterocycles. The summed E-state index contributed by atoms with van der Waals surface area (Å²) >= 11 is 1.38. The van der Waals surface area contributed by atoms with Crippen LogP contribution in [0.3, 0.4) is 0 Å². The van der Waals surface area contributed by atoms with Crippen LogP contribution in [0.15, 0.2) is 29.8 Å². The van der Waals surface area contributed by atoms with E-state index in [0.717, 1.165) is 23.5 Å². The predicted molar refractivity (Wildman–Crippen MR) is 84.7 cm³/mol. The third-order valence-corrected chi connectivity index (χ3v) is 3.96. The summed E-state index contributed by atoms with van der Waals surface area (Å²) in [5, 5.41) is 7.95. The first-order chi connectivity index (χ1) is 10.7. The number of hydrogen-bond acceptors (Lipinski definition) is 5. The number of amides is 2. The number of hydrogen-bond donors (Lipinski definition) is 2. The largest absolute Gasteiger partial charge is 0.490 e. The van der Waals surface area contributed by atoms with Crippen molar-refractivity contribution in [3.05, 3.63) is 35.3 Å². The number of nitrogens with zero attached hydrogens (tertiary/aromatic N) is 1. The van der Waals surface area contributed by atoms with Gasteiger partial charge in [-0.2, -0.15) is 0 Å². The predicted octanol–water partition coefficient (Wildman–Crippen LogP) is 3.19. The Labute approximate surface area is 132 Å². The third kappa shape index (κ3) is 3.48. The first-order valence-electron chi connectivity index (χ1n) is 7.09. The van der Waals surface area contributed by atoms with Gasteiger partial charge < -0.3 is 14.8 Å². The summed E-state index contributed by atoms with van der Waals surface area (Å²) < 4.78 is 11.3. The number of carbonyl (C=O) groups is 1. The van der Waals surface area contributed by atoms with Gasteiger partial charge >= 0.3 is 6.03 Å². The van der Waals surface area contributed by atoms with Crippen molar-refractivity contribution < 1.29 is 14.3 Å². The monoisotopic (exact) mass is 319 g/mol. The lowest BCUT2D eigenvalue weighted by Gasteiger charge is -2.16. The summed E-state index contributed by atoms with van der Waals surface area (Å²) in [6, 6.07) is 5.29. The number of nitrogens with one attached hydrogen (secondary N) is 2. The number of rotatable bonds is 3. The number of urea groups is 1. The number of benzene rings is 1. The molecule has 0 unspecified atom stereocenters. The van der Waals surface area contributed by atoms with Gasteiger partial charge in [-0.25, -0.2) is 9.78 Å². The second-order valence-electron chi connectivity index (χ2n) is 4.91. The number of aromatic nitrogens is 1. The Morgan fingerprint density at radius 3 is 2.91 bits per heavy atom. The molecule has 0 aliphatic carbocycles. The third-order valence-electron chi connectivity index (χ3n) is 3.27. The topological polar surface area (TPSA) is 72.5 Å². The first-order valence-corrected chi connectivity index (χ1v) is 7.97. The fourth-order valence-corrected chi connectivity index (χ4v) is 2.67. The van der Waals surface area contributed by atoms with E-state index in [4.69, 9.17) is 9.47 Å². The Kier molecular flexibility index (Phi) is 4.43. The van der Waals surface area contributed by atoms with Crippen LogP contribution < -0.4 is 20.1 Å². The molecular formula is C15H17N3O3S. The second-order valence-corrected chi connectivity index (χ2v) is 5.81. The number of carbonyl (C=O) groups excluding carboxylic acids is 1. The van der Waals surface area contributed by atoms with Gasteiger partial charge in [-0.15, -0.1) is 11.3 Å². The highest BCUT2D eigenvalue weighted by molar-refractivity contribution is 7.13. The Morgan fingerprint density at radius 1 is 1.32 bits per heavy atom. The van der Waals surface area contributed by atoms with Gasteiger partial charge in [0.1, 0.15) is 0 Å². The lowest BCUT2D eigenvalue weighted by molar-refractivity contribution is 0.249. The Morgan fingerprint density at radius 2 is 2.14 bits per heavy atom. The number of anilines is 1. The molecule has 2 amide bonds. The minimum atomic E-state index is -0.283. The molecule has 6 nitrogen and oxygen atoms in total. The van der Waals surface area contributed by atoms with Crippen molar-refractivity contribution in [2.24, 2.45) is 0 Å². The van der Waals surface area contributed by atoms with Crippen molar-refractivity contribution in [1.82, 2.24) is 10.3 Å². The van der Waals surface area contributed by atoms with Crippen LogP contribution >= 0.6 is 11.3 Å². The highest BCUT2D eigenvalue weighted by Crippen LogP contribution is 2.32. The van der Waals surface area contributed by atoms with E-state index >= 15 is 0 Å². The normalized spacial score (nSPS) is 14.8. The maximum Gasteiger partial charge on any atom is 0.321 e. The van der Waals surface area contributed by atoms with Crippen molar-refractivity contribution >= 4 is 22.5 Å². The van der Waals surface area contributed by atoms with E-state index in [0.29, 0.717) is 18.3 Å². The van der Waals surface area contributed by atoms with Crippen molar-refractivity contribution in [2.45, 2.75) is 19.4 Å². The van der Waals surface area contributed by atoms with Gasteiger partial charge in [-0.3, -0.25) is 5.32 Å². The summed E-state index contributed by atoms with van der Waals surface area (Å²) in [6.07, 6.45) is 2.52. The molecule has 0 bridgehead atoms. The number of ether oxygens (including phenoxy) is 2. The van der Waals surface area contributed by atoms with Crippen LogP contribution in [0.5, 0.6) is 11.5 Å². The Hall–Kier alpha value is -2.28. The zero-order valence-electron chi connectivity index (χ0n) is 12.2. The molecular weight excluding hydrogens is 302 g/mol. The average Bonchev–Trinajstić information content (AvgIpc) is 2.89. The van der Waals surface area contributed by atoms with E-state index in [2.05, 4.69) is 15.6 Å². The average molecular weight is 319 g/mol. The van der Waals surface area contributed by atoms with Crippen LogP contribution in [-0.4, -0.2) is 24.2 Å². The number of thiazole rings is 1. The van der Waals surface area contributed by atoms with Gasteiger partial charge in [0.15, 0.2) is 16.6 Å². The summed E-state index contributed by atoms with van der Waals surface area (Å²) in [5.74, 6) is 1.48. The minimum Gasteiger partial charge on any atom is -0.490 e. The zero-order valence-corrected chi connectivity index (χ0v) is 13.0. The Bertz CT molecular complexity index is 645. The number of fused-ring (bicyclic) bond motifs is 1. The molecule has 3 rings (SSSR count). The molecule has 2 aromatic rings. The second kappa shape index (κ2) is 6.65. The molecule has 1 atom stereocenters. The highest BCUT2D eigenvalue weighted by atomic mass is 32.1. The summed E-state index contributed by atoms with van der Waals surface area (Å²) in [4.78, 5) is 15.9. The molecule has 22 heavy (non-hydrogen) atoms. The van der Waals surface area contributed by atoms with E-state index in [-0.39, 0.29) is 12.1 Å². The summed E-state index contributed by atoms with van der Waals surface area (Å²) in [6.45, 7) is 3.22. The molecule has 0 fully saturated rings. The first kappa shape index (κ1) is 14.6. The van der Waals surface area contributed by atoms with Crippen molar-refractivity contribution in [3.63, 3.8) is 0 Å². The van der Waals surface area contributed by atoms with Crippen LogP contribution in [0.2, 0.25) is 0 Å². The fourth-order valence-electron chi connectivity index (χ4n) is 2.15. The lowest BCUT2D eigenvalue weighted by atomic mass is 10.1. The molecule has 0 spiro atoms. The molecule has 7 heteroatoms. The van der Waals surface area contributed by atoms with Gasteiger partial charge in [0.05, 0.1) is 19.3 Å². The van der Waals surface area contributed by atoms with Gasteiger partial charge in [-0.1, -0.05) is 6.07 Å². The summed E-state index contributed by atoms with van der Waals surface area (Å²) in [7, 11) is 0.